The second-order valence-electron chi connectivity index (χ2n) is 7.14. The number of rotatable bonds is 7. The van der Waals surface area contributed by atoms with Crippen LogP contribution in [0.4, 0.5) is 0 Å². The third kappa shape index (κ3) is 4.88. The van der Waals surface area contributed by atoms with E-state index in [1.54, 1.807) is 28.0 Å². The number of aromatic nitrogens is 2. The van der Waals surface area contributed by atoms with Crippen molar-refractivity contribution in [1.29, 1.82) is 0 Å². The summed E-state index contributed by atoms with van der Waals surface area (Å²) in [4.78, 5) is 27.3. The van der Waals surface area contributed by atoms with Gasteiger partial charge in [0.25, 0.3) is 0 Å². The molecule has 1 atom stereocenters. The zero-order valence-corrected chi connectivity index (χ0v) is 16.3. The first-order chi connectivity index (χ1) is 13.6. The third-order valence-corrected chi connectivity index (χ3v) is 5.11. The van der Waals surface area contributed by atoms with E-state index in [0.717, 1.165) is 18.4 Å². The van der Waals surface area contributed by atoms with Gasteiger partial charge in [-0.3, -0.25) is 14.3 Å². The van der Waals surface area contributed by atoms with Crippen molar-refractivity contribution in [2.75, 3.05) is 19.7 Å². The quantitative estimate of drug-likeness (QED) is 0.691. The number of amides is 1. The van der Waals surface area contributed by atoms with Gasteiger partial charge in [0, 0.05) is 25.5 Å². The number of carbonyl (C=O) groups is 2. The zero-order valence-electron chi connectivity index (χ0n) is 16.3. The van der Waals surface area contributed by atoms with Gasteiger partial charge in [-0.05, 0) is 37.8 Å². The molecule has 1 aromatic carbocycles. The van der Waals surface area contributed by atoms with Crippen molar-refractivity contribution in [2.24, 2.45) is 5.41 Å². The average molecular weight is 381 g/mol. The van der Waals surface area contributed by atoms with Crippen molar-refractivity contribution in [3.8, 4) is 0 Å². The topological polar surface area (TPSA) is 64.4 Å². The fourth-order valence-corrected chi connectivity index (χ4v) is 3.66. The molecule has 1 amide bonds. The summed E-state index contributed by atoms with van der Waals surface area (Å²) in [5.74, 6) is -0.242. The molecular formula is C22H27N3O3. The predicted molar refractivity (Wildman–Crippen MR) is 107 cm³/mol. The number of allylic oxidation sites excluding steroid dienone is 1. The molecule has 1 aliphatic rings. The van der Waals surface area contributed by atoms with Crippen LogP contribution in [0.3, 0.4) is 0 Å². The molecule has 2 heterocycles. The van der Waals surface area contributed by atoms with Gasteiger partial charge >= 0.3 is 5.97 Å². The summed E-state index contributed by atoms with van der Waals surface area (Å²) in [6, 6.07) is 11.8. The molecule has 6 heteroatoms. The van der Waals surface area contributed by atoms with Gasteiger partial charge < -0.3 is 9.64 Å². The smallest absolute Gasteiger partial charge is 0.314 e. The molecule has 0 aliphatic carbocycles. The normalized spacial score (nSPS) is 19.7. The van der Waals surface area contributed by atoms with Crippen LogP contribution in [0.5, 0.6) is 0 Å². The lowest BCUT2D eigenvalue weighted by molar-refractivity contribution is -0.160. The van der Waals surface area contributed by atoms with E-state index in [4.69, 9.17) is 4.74 Å². The highest BCUT2D eigenvalue weighted by atomic mass is 16.5. The van der Waals surface area contributed by atoms with Gasteiger partial charge in [0.15, 0.2) is 0 Å². The van der Waals surface area contributed by atoms with E-state index < -0.39 is 5.41 Å². The van der Waals surface area contributed by atoms with Crippen LogP contribution in [-0.4, -0.2) is 46.3 Å². The number of ether oxygens (including phenoxy) is 1. The molecular weight excluding hydrogens is 354 g/mol. The highest BCUT2D eigenvalue weighted by molar-refractivity contribution is 5.81. The number of hydrogen-bond acceptors (Lipinski definition) is 4. The van der Waals surface area contributed by atoms with Gasteiger partial charge in [0.05, 0.1) is 12.0 Å². The number of carbonyl (C=O) groups excluding carboxylic acids is 2. The molecule has 1 aliphatic heterocycles. The van der Waals surface area contributed by atoms with Gasteiger partial charge in [-0.25, -0.2) is 0 Å². The Kier molecular flexibility index (Phi) is 6.63. The van der Waals surface area contributed by atoms with E-state index >= 15 is 0 Å². The Morgan fingerprint density at radius 1 is 1.25 bits per heavy atom. The summed E-state index contributed by atoms with van der Waals surface area (Å²) in [7, 11) is 0. The lowest BCUT2D eigenvalue weighted by Crippen LogP contribution is -2.51. The first-order valence-electron chi connectivity index (χ1n) is 9.77. The molecule has 0 radical (unpaired) electrons. The average Bonchev–Trinajstić information content (AvgIpc) is 3.22. The molecule has 1 fully saturated rings. The van der Waals surface area contributed by atoms with E-state index in [1.807, 2.05) is 49.4 Å². The van der Waals surface area contributed by atoms with Crippen LogP contribution in [0.25, 0.3) is 6.08 Å². The van der Waals surface area contributed by atoms with Crippen LogP contribution in [0.1, 0.15) is 31.7 Å². The summed E-state index contributed by atoms with van der Waals surface area (Å²) in [6.07, 6.45) is 9.51. The van der Waals surface area contributed by atoms with E-state index in [1.165, 1.54) is 0 Å². The Bertz CT molecular complexity index is 802. The number of nitrogens with zero attached hydrogens (tertiary/aromatic N) is 3. The summed E-state index contributed by atoms with van der Waals surface area (Å²) < 4.78 is 7.00. The Morgan fingerprint density at radius 2 is 2.07 bits per heavy atom. The monoisotopic (exact) mass is 381 g/mol. The Hall–Kier alpha value is -2.89. The van der Waals surface area contributed by atoms with E-state index in [2.05, 4.69) is 5.10 Å². The van der Waals surface area contributed by atoms with Crippen LogP contribution in [-0.2, 0) is 20.9 Å². The van der Waals surface area contributed by atoms with Gasteiger partial charge in [-0.15, -0.1) is 0 Å². The molecule has 0 N–H and O–H groups in total. The van der Waals surface area contributed by atoms with Crippen molar-refractivity contribution in [3.05, 3.63) is 60.4 Å². The maximum atomic E-state index is 12.8. The van der Waals surface area contributed by atoms with Crippen molar-refractivity contribution in [3.63, 3.8) is 0 Å². The number of piperidine rings is 1. The minimum Gasteiger partial charge on any atom is -0.466 e. The molecule has 0 saturated carbocycles. The van der Waals surface area contributed by atoms with Gasteiger partial charge in [0.2, 0.25) is 5.91 Å². The maximum absolute atomic E-state index is 12.8. The van der Waals surface area contributed by atoms with Crippen LogP contribution < -0.4 is 0 Å². The van der Waals surface area contributed by atoms with Crippen molar-refractivity contribution < 1.29 is 14.3 Å². The molecule has 1 unspecified atom stereocenters. The highest BCUT2D eigenvalue weighted by Crippen LogP contribution is 2.36. The minimum atomic E-state index is -0.695. The SMILES string of the molecule is CCOC(=O)C1(CC=Cc2ccccc2)CCCN(C(=O)Cn2cccn2)C1. The number of hydrogen-bond donors (Lipinski definition) is 0. The lowest BCUT2D eigenvalue weighted by atomic mass is 9.76. The third-order valence-electron chi connectivity index (χ3n) is 5.11. The molecule has 6 nitrogen and oxygen atoms in total. The van der Waals surface area contributed by atoms with Crippen LogP contribution >= 0.6 is 0 Å². The summed E-state index contributed by atoms with van der Waals surface area (Å²) >= 11 is 0. The van der Waals surface area contributed by atoms with Crippen molar-refractivity contribution in [2.45, 2.75) is 32.7 Å². The number of esters is 1. The van der Waals surface area contributed by atoms with E-state index in [9.17, 15) is 9.59 Å². The molecule has 1 aromatic heterocycles. The Morgan fingerprint density at radius 3 is 2.79 bits per heavy atom. The van der Waals surface area contributed by atoms with Crippen molar-refractivity contribution in [1.82, 2.24) is 14.7 Å². The van der Waals surface area contributed by atoms with Crippen molar-refractivity contribution >= 4 is 18.0 Å². The number of benzene rings is 1. The second kappa shape index (κ2) is 9.35. The summed E-state index contributed by atoms with van der Waals surface area (Å²) in [6.45, 7) is 3.37. The molecule has 0 bridgehead atoms. The first-order valence-corrected chi connectivity index (χ1v) is 9.77. The van der Waals surface area contributed by atoms with E-state index in [-0.39, 0.29) is 18.4 Å². The molecule has 1 saturated heterocycles. The second-order valence-corrected chi connectivity index (χ2v) is 7.14. The molecule has 3 rings (SSSR count). The fraction of sp³-hybridized carbons (Fsp3) is 0.409. The summed E-state index contributed by atoms with van der Waals surface area (Å²) in [5, 5.41) is 4.10. The van der Waals surface area contributed by atoms with Crippen LogP contribution in [0, 0.1) is 5.41 Å². The van der Waals surface area contributed by atoms with E-state index in [0.29, 0.717) is 26.1 Å². The molecule has 0 spiro atoms. The number of likely N-dealkylation sites (tertiary alicyclic amines) is 1. The maximum Gasteiger partial charge on any atom is 0.314 e. The van der Waals surface area contributed by atoms with Gasteiger partial charge in [-0.1, -0.05) is 42.5 Å². The molecule has 2 aromatic rings. The lowest BCUT2D eigenvalue weighted by Gasteiger charge is -2.40. The fourth-order valence-electron chi connectivity index (χ4n) is 3.66. The highest BCUT2D eigenvalue weighted by Gasteiger charge is 2.43. The molecule has 148 valence electrons. The van der Waals surface area contributed by atoms with Crippen LogP contribution in [0.15, 0.2) is 54.9 Å². The molecule has 28 heavy (non-hydrogen) atoms. The Labute approximate surface area is 165 Å². The van der Waals surface area contributed by atoms with Gasteiger partial charge in [0.1, 0.15) is 6.54 Å². The van der Waals surface area contributed by atoms with Crippen LogP contribution in [0.2, 0.25) is 0 Å². The first kappa shape index (κ1) is 19.9. The summed E-state index contributed by atoms with van der Waals surface area (Å²) in [5.41, 5.74) is 0.392. The minimum absolute atomic E-state index is 0.0240. The predicted octanol–water partition coefficient (Wildman–Crippen LogP) is 3.16. The largest absolute Gasteiger partial charge is 0.466 e. The zero-order chi connectivity index (χ0) is 19.8. The van der Waals surface area contributed by atoms with Gasteiger partial charge in [-0.2, -0.15) is 5.10 Å². The standard InChI is InChI=1S/C22H27N3O3/c1-2-28-21(27)22(12-6-11-19-9-4-3-5-10-19)13-7-15-24(18-22)20(26)17-25-16-8-14-23-25/h3-6,8-11,14,16H,2,7,12-13,15,17-18H2,1H3. The Balaban J connectivity index is 1.73.